The lowest BCUT2D eigenvalue weighted by Gasteiger charge is -2.22. The van der Waals surface area contributed by atoms with E-state index in [9.17, 15) is 4.79 Å². The third-order valence-electron chi connectivity index (χ3n) is 3.51. The molecule has 0 amide bonds. The molecule has 0 saturated heterocycles. The Morgan fingerprint density at radius 2 is 2.33 bits per heavy atom. The number of esters is 1. The standard InChI is InChI=1S/C14H18N4O2S/c1-4-20-13(19)12-10-7-17(3)6-5-11(10)18(16-12)14-15-9(2)8-21-14/h8H,4-7H2,1-3H3. The van der Waals surface area contributed by atoms with Crippen LogP contribution in [-0.2, 0) is 17.7 Å². The van der Waals surface area contributed by atoms with Crippen molar-refractivity contribution in [1.29, 1.82) is 0 Å². The molecule has 0 radical (unpaired) electrons. The molecule has 0 aromatic carbocycles. The molecule has 112 valence electrons. The van der Waals surface area contributed by atoms with Crippen molar-refractivity contribution in [3.63, 3.8) is 0 Å². The van der Waals surface area contributed by atoms with Gasteiger partial charge in [-0.25, -0.2) is 14.5 Å². The Morgan fingerprint density at radius 1 is 1.52 bits per heavy atom. The molecule has 2 aromatic heterocycles. The minimum atomic E-state index is -0.351. The Bertz CT molecular complexity index is 677. The van der Waals surface area contributed by atoms with Gasteiger partial charge in [0.25, 0.3) is 0 Å². The van der Waals surface area contributed by atoms with Crippen LogP contribution in [-0.4, -0.2) is 45.8 Å². The number of ether oxygens (including phenoxy) is 1. The molecule has 0 saturated carbocycles. The first-order valence-corrected chi connectivity index (χ1v) is 7.87. The molecule has 3 heterocycles. The molecule has 0 fully saturated rings. The molecule has 0 unspecified atom stereocenters. The fourth-order valence-corrected chi connectivity index (χ4v) is 3.29. The molecule has 3 rings (SSSR count). The SMILES string of the molecule is CCOC(=O)c1nn(-c2nc(C)cs2)c2c1CN(C)CC2. The summed E-state index contributed by atoms with van der Waals surface area (Å²) < 4.78 is 6.95. The number of rotatable bonds is 3. The summed E-state index contributed by atoms with van der Waals surface area (Å²) in [5.41, 5.74) is 3.43. The summed E-state index contributed by atoms with van der Waals surface area (Å²) in [4.78, 5) is 18.8. The lowest BCUT2D eigenvalue weighted by Crippen LogP contribution is -2.28. The van der Waals surface area contributed by atoms with Crippen LogP contribution in [0.25, 0.3) is 5.13 Å². The first-order chi connectivity index (χ1) is 10.1. The smallest absolute Gasteiger partial charge is 0.359 e. The fraction of sp³-hybridized carbons (Fsp3) is 0.500. The van der Waals surface area contributed by atoms with Crippen LogP contribution in [0.15, 0.2) is 5.38 Å². The van der Waals surface area contributed by atoms with Crippen molar-refractivity contribution in [3.8, 4) is 5.13 Å². The summed E-state index contributed by atoms with van der Waals surface area (Å²) >= 11 is 1.54. The maximum atomic E-state index is 12.1. The number of likely N-dealkylation sites (N-methyl/N-ethyl adjacent to an activating group) is 1. The van der Waals surface area contributed by atoms with Crippen molar-refractivity contribution in [2.24, 2.45) is 0 Å². The third kappa shape index (κ3) is 2.58. The lowest BCUT2D eigenvalue weighted by atomic mass is 10.1. The Kier molecular flexibility index (Phi) is 3.77. The van der Waals surface area contributed by atoms with E-state index >= 15 is 0 Å². The average Bonchev–Trinajstić information content (AvgIpc) is 3.02. The van der Waals surface area contributed by atoms with E-state index in [0.29, 0.717) is 18.8 Å². The van der Waals surface area contributed by atoms with Gasteiger partial charge >= 0.3 is 5.97 Å². The van der Waals surface area contributed by atoms with Crippen LogP contribution in [0, 0.1) is 6.92 Å². The van der Waals surface area contributed by atoms with E-state index in [-0.39, 0.29) is 5.97 Å². The van der Waals surface area contributed by atoms with Crippen molar-refractivity contribution in [1.82, 2.24) is 19.7 Å². The van der Waals surface area contributed by atoms with Gasteiger partial charge in [-0.2, -0.15) is 5.10 Å². The van der Waals surface area contributed by atoms with Gasteiger partial charge in [0, 0.05) is 30.5 Å². The zero-order valence-electron chi connectivity index (χ0n) is 12.4. The highest BCUT2D eigenvalue weighted by atomic mass is 32.1. The molecule has 0 bridgehead atoms. The zero-order chi connectivity index (χ0) is 15.0. The molecular formula is C14H18N4O2S. The zero-order valence-corrected chi connectivity index (χ0v) is 13.2. The highest BCUT2D eigenvalue weighted by Gasteiger charge is 2.28. The topological polar surface area (TPSA) is 60.2 Å². The van der Waals surface area contributed by atoms with Crippen LogP contribution in [0.1, 0.15) is 34.4 Å². The fourth-order valence-electron chi connectivity index (χ4n) is 2.51. The molecule has 0 atom stereocenters. The second-order valence-corrected chi connectivity index (χ2v) is 6.00. The number of fused-ring (bicyclic) bond motifs is 1. The first-order valence-electron chi connectivity index (χ1n) is 6.99. The molecule has 0 N–H and O–H groups in total. The maximum Gasteiger partial charge on any atom is 0.359 e. The van der Waals surface area contributed by atoms with E-state index in [0.717, 1.165) is 35.0 Å². The molecule has 0 aliphatic carbocycles. The molecular weight excluding hydrogens is 288 g/mol. The van der Waals surface area contributed by atoms with Gasteiger partial charge in [0.15, 0.2) is 5.69 Å². The molecule has 1 aliphatic heterocycles. The Balaban J connectivity index is 2.09. The summed E-state index contributed by atoms with van der Waals surface area (Å²) in [6.07, 6.45) is 0.858. The van der Waals surface area contributed by atoms with Crippen molar-refractivity contribution >= 4 is 17.3 Å². The molecule has 2 aromatic rings. The summed E-state index contributed by atoms with van der Waals surface area (Å²) in [5, 5.41) is 7.29. The van der Waals surface area contributed by atoms with Gasteiger partial charge in [0.1, 0.15) is 0 Å². The van der Waals surface area contributed by atoms with Crippen LogP contribution in [0.5, 0.6) is 0 Å². The van der Waals surface area contributed by atoms with Gasteiger partial charge < -0.3 is 9.64 Å². The molecule has 21 heavy (non-hydrogen) atoms. The lowest BCUT2D eigenvalue weighted by molar-refractivity contribution is 0.0516. The van der Waals surface area contributed by atoms with E-state index < -0.39 is 0 Å². The molecule has 6 nitrogen and oxygen atoms in total. The monoisotopic (exact) mass is 306 g/mol. The van der Waals surface area contributed by atoms with Crippen molar-refractivity contribution in [2.75, 3.05) is 20.2 Å². The predicted molar refractivity (Wildman–Crippen MR) is 80.0 cm³/mol. The average molecular weight is 306 g/mol. The molecule has 1 aliphatic rings. The summed E-state index contributed by atoms with van der Waals surface area (Å²) in [6, 6.07) is 0. The summed E-state index contributed by atoms with van der Waals surface area (Å²) in [7, 11) is 2.04. The van der Waals surface area contributed by atoms with Crippen molar-refractivity contribution in [2.45, 2.75) is 26.8 Å². The number of hydrogen-bond donors (Lipinski definition) is 0. The van der Waals surface area contributed by atoms with Crippen molar-refractivity contribution < 1.29 is 9.53 Å². The number of carbonyl (C=O) groups is 1. The summed E-state index contributed by atoms with van der Waals surface area (Å²) in [5.74, 6) is -0.351. The van der Waals surface area contributed by atoms with E-state index in [1.54, 1.807) is 6.92 Å². The number of aryl methyl sites for hydroxylation is 1. The second kappa shape index (κ2) is 5.57. The van der Waals surface area contributed by atoms with E-state index in [1.165, 1.54) is 11.3 Å². The highest BCUT2D eigenvalue weighted by Crippen LogP contribution is 2.26. The summed E-state index contributed by atoms with van der Waals surface area (Å²) in [6.45, 7) is 5.78. The number of thiazole rings is 1. The van der Waals surface area contributed by atoms with Gasteiger partial charge in [-0.1, -0.05) is 0 Å². The largest absolute Gasteiger partial charge is 0.461 e. The van der Waals surface area contributed by atoms with Gasteiger partial charge in [-0.05, 0) is 20.9 Å². The van der Waals surface area contributed by atoms with Crippen LogP contribution < -0.4 is 0 Å². The van der Waals surface area contributed by atoms with Crippen LogP contribution in [0.2, 0.25) is 0 Å². The van der Waals surface area contributed by atoms with Crippen LogP contribution in [0.3, 0.4) is 0 Å². The van der Waals surface area contributed by atoms with Gasteiger partial charge in [-0.15, -0.1) is 11.3 Å². The third-order valence-corrected chi connectivity index (χ3v) is 4.44. The minimum absolute atomic E-state index is 0.351. The highest BCUT2D eigenvalue weighted by molar-refractivity contribution is 7.12. The van der Waals surface area contributed by atoms with E-state index in [1.807, 2.05) is 24.0 Å². The van der Waals surface area contributed by atoms with Gasteiger partial charge in [-0.3, -0.25) is 0 Å². The Morgan fingerprint density at radius 3 is 3.00 bits per heavy atom. The molecule has 0 spiro atoms. The van der Waals surface area contributed by atoms with Crippen LogP contribution >= 0.6 is 11.3 Å². The number of carbonyl (C=O) groups excluding carboxylic acids is 1. The van der Waals surface area contributed by atoms with Crippen LogP contribution in [0.4, 0.5) is 0 Å². The van der Waals surface area contributed by atoms with E-state index in [4.69, 9.17) is 4.74 Å². The normalized spacial score (nSPS) is 15.0. The maximum absolute atomic E-state index is 12.1. The predicted octanol–water partition coefficient (Wildman–Crippen LogP) is 1.80. The second-order valence-electron chi connectivity index (χ2n) is 5.17. The minimum Gasteiger partial charge on any atom is -0.461 e. The Hall–Kier alpha value is -1.73. The van der Waals surface area contributed by atoms with Gasteiger partial charge in [0.2, 0.25) is 5.13 Å². The number of hydrogen-bond acceptors (Lipinski definition) is 6. The van der Waals surface area contributed by atoms with Gasteiger partial charge in [0.05, 0.1) is 18.0 Å². The quantitative estimate of drug-likeness (QED) is 0.809. The van der Waals surface area contributed by atoms with E-state index in [2.05, 4.69) is 15.0 Å². The Labute approximate surface area is 127 Å². The van der Waals surface area contributed by atoms with Crippen molar-refractivity contribution in [3.05, 3.63) is 28.0 Å². The number of nitrogens with zero attached hydrogens (tertiary/aromatic N) is 4. The molecule has 7 heteroatoms. The first kappa shape index (κ1) is 14.2. The number of aromatic nitrogens is 3.